The number of thiazole rings is 2. The molecular formula is C54H42F2N12O8S2. The third kappa shape index (κ3) is 11.1. The van der Waals surface area contributed by atoms with Gasteiger partial charge >= 0.3 is 12.2 Å². The highest BCUT2D eigenvalue weighted by Gasteiger charge is 2.33. The Balaban J connectivity index is 0.711. The zero-order chi connectivity index (χ0) is 53.9. The maximum absolute atomic E-state index is 15.6. The standard InChI is InChI=1S/C54H42F2N12O8S2/c1-27-13-32(49-38(14-27)65-47(71-2)25-61-49)51-67-37-18-35(56)43(20-45(37)78-51)75-40-5-4-6-41(40)76-54(70)64-31-23-59-46(60-24-31)10-7-28-15-33(50-39(16-28)66-48(72-3)26-62-50)52-68-36-17-34(55)42(19-44(36)77-52)73-11-12-74-53(69)63-30-9-8-29(21-57)58-22-30/h8-9,13-20,22-26,40-41H,4-7,10-12H2,1-3H3,(H,63,69)(H,64,70)/t40-,41+/m0/s1. The van der Waals surface area contributed by atoms with Gasteiger partial charge in [-0.25, -0.2) is 63.2 Å². The van der Waals surface area contributed by atoms with E-state index in [2.05, 4.69) is 45.5 Å². The number of aryl methyl sites for hydroxylation is 3. The largest absolute Gasteiger partial charge is 0.487 e. The average molecular weight is 1090 g/mol. The lowest BCUT2D eigenvalue weighted by molar-refractivity contribution is 0.0400. The van der Waals surface area contributed by atoms with E-state index in [-0.39, 0.29) is 30.4 Å². The second kappa shape index (κ2) is 22.1. The smallest absolute Gasteiger partial charge is 0.412 e. The van der Waals surface area contributed by atoms with E-state index in [4.69, 9.17) is 43.7 Å². The molecule has 0 radical (unpaired) electrons. The van der Waals surface area contributed by atoms with Crippen LogP contribution in [0.2, 0.25) is 0 Å². The number of aromatic nitrogens is 9. The summed E-state index contributed by atoms with van der Waals surface area (Å²) in [5, 5.41) is 15.3. The number of fused-ring (bicyclic) bond motifs is 4. The van der Waals surface area contributed by atoms with Crippen LogP contribution in [-0.2, 0) is 22.3 Å². The molecule has 78 heavy (non-hydrogen) atoms. The molecule has 1 fully saturated rings. The zero-order valence-corrected chi connectivity index (χ0v) is 43.2. The van der Waals surface area contributed by atoms with E-state index in [0.29, 0.717) is 119 Å². The van der Waals surface area contributed by atoms with E-state index in [9.17, 15) is 9.59 Å². The van der Waals surface area contributed by atoms with Crippen LogP contribution < -0.4 is 29.6 Å². The molecule has 0 unspecified atom stereocenters. The van der Waals surface area contributed by atoms with E-state index in [1.54, 1.807) is 12.3 Å². The summed E-state index contributed by atoms with van der Waals surface area (Å²) < 4.78 is 65.7. The van der Waals surface area contributed by atoms with E-state index in [0.717, 1.165) is 16.7 Å². The number of pyridine rings is 1. The minimum Gasteiger partial charge on any atom is -0.487 e. The molecule has 11 rings (SSSR count). The molecule has 6 aromatic heterocycles. The Morgan fingerprint density at radius 3 is 1.96 bits per heavy atom. The number of benzene rings is 4. The highest BCUT2D eigenvalue weighted by atomic mass is 32.1. The van der Waals surface area contributed by atoms with Crippen molar-refractivity contribution in [3.8, 4) is 50.5 Å². The number of ether oxygens (including phenoxy) is 6. The summed E-state index contributed by atoms with van der Waals surface area (Å²) in [5.41, 5.74) is 7.39. The molecule has 24 heteroatoms. The van der Waals surface area contributed by atoms with Crippen molar-refractivity contribution >= 4 is 88.7 Å². The van der Waals surface area contributed by atoms with E-state index < -0.39 is 36.0 Å². The number of nitrogens with zero attached hydrogens (tertiary/aromatic N) is 10. The topological polar surface area (TPSA) is 253 Å². The van der Waals surface area contributed by atoms with Crippen LogP contribution >= 0.6 is 22.7 Å². The Morgan fingerprint density at radius 1 is 0.667 bits per heavy atom. The fraction of sp³-hybridized carbons (Fsp3) is 0.222. The third-order valence-corrected chi connectivity index (χ3v) is 14.5. The minimum absolute atomic E-state index is 0.0364. The molecule has 2 atom stereocenters. The normalized spacial score (nSPS) is 14.1. The number of hydrogen-bond acceptors (Lipinski definition) is 20. The first-order valence-electron chi connectivity index (χ1n) is 24.2. The molecule has 1 saturated carbocycles. The highest BCUT2D eigenvalue weighted by molar-refractivity contribution is 7.22. The maximum atomic E-state index is 15.6. The lowest BCUT2D eigenvalue weighted by atomic mass is 10.0. The summed E-state index contributed by atoms with van der Waals surface area (Å²) in [6.45, 7) is 1.65. The van der Waals surface area contributed by atoms with Gasteiger partial charge in [-0.3, -0.25) is 10.6 Å². The Labute approximate surface area is 449 Å². The van der Waals surface area contributed by atoms with Crippen molar-refractivity contribution < 1.29 is 46.8 Å². The van der Waals surface area contributed by atoms with Crippen molar-refractivity contribution in [2.45, 2.75) is 51.2 Å². The van der Waals surface area contributed by atoms with Crippen molar-refractivity contribution in [3.05, 3.63) is 126 Å². The molecule has 10 aromatic rings. The molecule has 1 aliphatic rings. The number of methoxy groups -OCH3 is 2. The van der Waals surface area contributed by atoms with Crippen molar-refractivity contribution in [2.24, 2.45) is 0 Å². The number of halogens is 2. The lowest BCUT2D eigenvalue weighted by Gasteiger charge is -2.22. The van der Waals surface area contributed by atoms with Gasteiger partial charge in [-0.05, 0) is 80.1 Å². The van der Waals surface area contributed by atoms with Gasteiger partial charge in [0.25, 0.3) is 0 Å². The number of amides is 2. The predicted molar refractivity (Wildman–Crippen MR) is 285 cm³/mol. The monoisotopic (exact) mass is 1090 g/mol. The van der Waals surface area contributed by atoms with Crippen molar-refractivity contribution in [2.75, 3.05) is 38.1 Å². The first kappa shape index (κ1) is 50.8. The van der Waals surface area contributed by atoms with Crippen molar-refractivity contribution in [1.82, 2.24) is 44.9 Å². The van der Waals surface area contributed by atoms with Crippen molar-refractivity contribution in [3.63, 3.8) is 0 Å². The van der Waals surface area contributed by atoms with Gasteiger partial charge in [0.1, 0.15) is 53.0 Å². The van der Waals surface area contributed by atoms with E-state index in [1.807, 2.05) is 37.3 Å². The molecule has 1 aliphatic carbocycles. The van der Waals surface area contributed by atoms with E-state index in [1.165, 1.54) is 92.0 Å². The number of carbonyl (C=O) groups excluding carboxylic acids is 2. The second-order valence-electron chi connectivity index (χ2n) is 17.8. The summed E-state index contributed by atoms with van der Waals surface area (Å²) >= 11 is 2.69. The Morgan fingerprint density at radius 2 is 1.29 bits per heavy atom. The molecule has 392 valence electrons. The third-order valence-electron chi connectivity index (χ3n) is 12.4. The molecule has 0 spiro atoms. The molecule has 0 aliphatic heterocycles. The molecule has 2 N–H and O–H groups in total. The van der Waals surface area contributed by atoms with Crippen LogP contribution in [0.4, 0.5) is 29.7 Å². The van der Waals surface area contributed by atoms with Gasteiger partial charge in [-0.2, -0.15) is 5.26 Å². The number of anilines is 2. The molecule has 0 saturated heterocycles. The fourth-order valence-corrected chi connectivity index (χ4v) is 10.7. The molecule has 20 nitrogen and oxygen atoms in total. The average Bonchev–Trinajstić information content (AvgIpc) is 4.30. The van der Waals surface area contributed by atoms with Crippen LogP contribution in [0, 0.1) is 29.9 Å². The van der Waals surface area contributed by atoms with Crippen LogP contribution in [0.5, 0.6) is 23.3 Å². The summed E-state index contributed by atoms with van der Waals surface area (Å²) in [6.07, 6.45) is 7.33. The number of hydrogen-bond donors (Lipinski definition) is 2. The Bertz CT molecular complexity index is 3970. The highest BCUT2D eigenvalue weighted by Crippen LogP contribution is 2.40. The lowest BCUT2D eigenvalue weighted by Crippen LogP contribution is -2.32. The quantitative estimate of drug-likeness (QED) is 0.0853. The molecule has 0 bridgehead atoms. The molecular weight excluding hydrogens is 1050 g/mol. The number of nitrogens with one attached hydrogen (secondary N) is 2. The van der Waals surface area contributed by atoms with Crippen LogP contribution in [0.3, 0.4) is 0 Å². The van der Waals surface area contributed by atoms with Gasteiger partial charge in [0.15, 0.2) is 23.1 Å². The van der Waals surface area contributed by atoms with Gasteiger partial charge in [0.05, 0.1) is 99.1 Å². The molecule has 6 heterocycles. The maximum Gasteiger partial charge on any atom is 0.412 e. The summed E-state index contributed by atoms with van der Waals surface area (Å²) in [5.74, 6) is -0.0299. The molecule has 4 aromatic carbocycles. The SMILES string of the molecule is COc1cnc2c(-c3nc4cc(F)c(O[C@H]5CCC[C@H]5OC(=O)Nc5cnc(CCc6cc(-c7nc8cc(F)c(OCCOC(=O)Nc9ccc(C#N)nc9)cc8s7)c7ncc(OC)nc7c6)nc5)cc4s3)cc(C)cc2n1. The van der Waals surface area contributed by atoms with Gasteiger partial charge in [0.2, 0.25) is 11.8 Å². The van der Waals surface area contributed by atoms with E-state index >= 15 is 8.78 Å². The van der Waals surface area contributed by atoms with Crippen LogP contribution in [-0.4, -0.2) is 96.7 Å². The van der Waals surface area contributed by atoms with Gasteiger partial charge in [-0.1, -0.05) is 0 Å². The summed E-state index contributed by atoms with van der Waals surface area (Å²) in [6, 6.07) is 18.4. The first-order chi connectivity index (χ1) is 37.9. The summed E-state index contributed by atoms with van der Waals surface area (Å²) in [4.78, 5) is 66.2. The van der Waals surface area contributed by atoms with Crippen LogP contribution in [0.25, 0.3) is 63.6 Å². The predicted octanol–water partition coefficient (Wildman–Crippen LogP) is 10.7. The number of carbonyl (C=O) groups is 2. The second-order valence-corrected chi connectivity index (χ2v) is 19.8. The fourth-order valence-electron chi connectivity index (χ4n) is 8.76. The zero-order valence-electron chi connectivity index (χ0n) is 41.6. The first-order valence-corrected chi connectivity index (χ1v) is 25.8. The minimum atomic E-state index is -0.769. The van der Waals surface area contributed by atoms with Gasteiger partial charge < -0.3 is 28.4 Å². The summed E-state index contributed by atoms with van der Waals surface area (Å²) in [7, 11) is 3.03. The van der Waals surface area contributed by atoms with Crippen molar-refractivity contribution in [1.29, 1.82) is 5.26 Å². The van der Waals surface area contributed by atoms with Gasteiger partial charge in [0, 0.05) is 41.8 Å². The number of nitriles is 1. The van der Waals surface area contributed by atoms with Crippen LogP contribution in [0.1, 0.15) is 41.9 Å². The van der Waals surface area contributed by atoms with Gasteiger partial charge in [-0.15, -0.1) is 22.7 Å². The number of rotatable bonds is 16. The molecule has 2 amide bonds. The Kier molecular flexibility index (Phi) is 14.4. The van der Waals surface area contributed by atoms with Crippen LogP contribution in [0.15, 0.2) is 91.6 Å². The Hall–Kier alpha value is -9.34.